The maximum atomic E-state index is 12.8. The molecule has 1 amide bonds. The van der Waals surface area contributed by atoms with Crippen LogP contribution in [0.25, 0.3) is 11.6 Å². The molecule has 2 N–H and O–H groups in total. The molecule has 7 nitrogen and oxygen atoms in total. The Bertz CT molecular complexity index is 815. The molecule has 2 heterocycles. The van der Waals surface area contributed by atoms with Crippen molar-refractivity contribution in [1.82, 2.24) is 15.5 Å². The molecular formula is C17H16FN3O4. The molecule has 1 atom stereocenters. The number of aliphatic hydroxyl groups is 1. The van der Waals surface area contributed by atoms with E-state index in [0.717, 1.165) is 0 Å². The van der Waals surface area contributed by atoms with E-state index in [2.05, 4.69) is 15.5 Å². The molecule has 3 rings (SSSR count). The second kappa shape index (κ2) is 7.71. The Morgan fingerprint density at radius 2 is 2.08 bits per heavy atom. The molecule has 0 radical (unpaired) electrons. The molecule has 0 spiro atoms. The van der Waals surface area contributed by atoms with E-state index in [0.29, 0.717) is 23.0 Å². The molecule has 8 heteroatoms. The highest BCUT2D eigenvalue weighted by Gasteiger charge is 2.13. The molecule has 25 heavy (non-hydrogen) atoms. The van der Waals surface area contributed by atoms with Crippen LogP contribution in [0.4, 0.5) is 4.39 Å². The first kappa shape index (κ1) is 16.8. The fourth-order valence-electron chi connectivity index (χ4n) is 2.18. The van der Waals surface area contributed by atoms with E-state index in [9.17, 15) is 14.3 Å². The van der Waals surface area contributed by atoms with Crippen molar-refractivity contribution < 1.29 is 23.2 Å². The van der Waals surface area contributed by atoms with Gasteiger partial charge in [0.25, 0.3) is 0 Å². The zero-order valence-electron chi connectivity index (χ0n) is 13.2. The van der Waals surface area contributed by atoms with E-state index in [1.165, 1.54) is 30.5 Å². The van der Waals surface area contributed by atoms with Crippen LogP contribution in [0.15, 0.2) is 51.6 Å². The van der Waals surface area contributed by atoms with Crippen molar-refractivity contribution in [3.05, 3.63) is 59.9 Å². The SMILES string of the molecule is O=C(CCc1nc(-c2ccco2)no1)NCC(O)c1ccc(F)cc1. The van der Waals surface area contributed by atoms with Crippen LogP contribution in [-0.2, 0) is 11.2 Å². The summed E-state index contributed by atoms with van der Waals surface area (Å²) in [5, 5.41) is 16.4. The van der Waals surface area contributed by atoms with Crippen molar-refractivity contribution in [3.8, 4) is 11.6 Å². The summed E-state index contributed by atoms with van der Waals surface area (Å²) in [6, 6.07) is 8.88. The lowest BCUT2D eigenvalue weighted by Gasteiger charge is -2.12. The number of furan rings is 1. The summed E-state index contributed by atoms with van der Waals surface area (Å²) in [5.41, 5.74) is 0.529. The van der Waals surface area contributed by atoms with E-state index >= 15 is 0 Å². The number of nitrogens with zero attached hydrogens (tertiary/aromatic N) is 2. The minimum Gasteiger partial charge on any atom is -0.461 e. The maximum Gasteiger partial charge on any atom is 0.238 e. The Hall–Kier alpha value is -3.00. The van der Waals surface area contributed by atoms with E-state index in [1.807, 2.05) is 0 Å². The predicted octanol–water partition coefficient (Wildman–Crippen LogP) is 2.25. The summed E-state index contributed by atoms with van der Waals surface area (Å²) in [6.45, 7) is 0.0337. The van der Waals surface area contributed by atoms with Crippen molar-refractivity contribution in [2.75, 3.05) is 6.54 Å². The first-order valence-corrected chi connectivity index (χ1v) is 7.68. The lowest BCUT2D eigenvalue weighted by Crippen LogP contribution is -2.28. The number of carbonyl (C=O) groups is 1. The van der Waals surface area contributed by atoms with Crippen molar-refractivity contribution in [2.45, 2.75) is 18.9 Å². The van der Waals surface area contributed by atoms with Gasteiger partial charge in [-0.2, -0.15) is 4.98 Å². The molecule has 0 saturated carbocycles. The van der Waals surface area contributed by atoms with Crippen molar-refractivity contribution >= 4 is 5.91 Å². The molecule has 0 bridgehead atoms. The highest BCUT2D eigenvalue weighted by Crippen LogP contribution is 2.16. The summed E-state index contributed by atoms with van der Waals surface area (Å²) in [7, 11) is 0. The molecule has 0 aliphatic heterocycles. The number of hydrogen-bond donors (Lipinski definition) is 2. The summed E-state index contributed by atoms with van der Waals surface area (Å²) in [4.78, 5) is 16.0. The molecule has 130 valence electrons. The van der Waals surface area contributed by atoms with Crippen molar-refractivity contribution in [3.63, 3.8) is 0 Å². The average Bonchev–Trinajstić information content (AvgIpc) is 3.29. The van der Waals surface area contributed by atoms with Crippen LogP contribution in [0.3, 0.4) is 0 Å². The van der Waals surface area contributed by atoms with Crippen LogP contribution in [0.2, 0.25) is 0 Å². The highest BCUT2D eigenvalue weighted by molar-refractivity contribution is 5.76. The van der Waals surface area contributed by atoms with E-state index in [1.54, 1.807) is 12.1 Å². The lowest BCUT2D eigenvalue weighted by atomic mass is 10.1. The quantitative estimate of drug-likeness (QED) is 0.681. The van der Waals surface area contributed by atoms with Gasteiger partial charge in [-0.05, 0) is 29.8 Å². The first-order valence-electron chi connectivity index (χ1n) is 7.68. The Morgan fingerprint density at radius 1 is 1.28 bits per heavy atom. The standard InChI is InChI=1S/C17H16FN3O4/c18-12-5-3-11(4-6-12)13(22)10-19-15(23)7-8-16-20-17(21-25-16)14-2-1-9-24-14/h1-6,9,13,22H,7-8,10H2,(H,19,23). The number of carbonyl (C=O) groups excluding carboxylic acids is 1. The van der Waals surface area contributed by atoms with Crippen LogP contribution in [0, 0.1) is 5.82 Å². The summed E-state index contributed by atoms with van der Waals surface area (Å²) >= 11 is 0. The third-order valence-corrected chi connectivity index (χ3v) is 3.52. The summed E-state index contributed by atoms with van der Waals surface area (Å²) < 4.78 is 23.1. The lowest BCUT2D eigenvalue weighted by molar-refractivity contribution is -0.121. The molecule has 0 saturated heterocycles. The van der Waals surface area contributed by atoms with Gasteiger partial charge < -0.3 is 19.4 Å². The number of amides is 1. The Kier molecular flexibility index (Phi) is 5.20. The van der Waals surface area contributed by atoms with Gasteiger partial charge in [-0.1, -0.05) is 17.3 Å². The Labute approximate surface area is 142 Å². The van der Waals surface area contributed by atoms with Crippen LogP contribution < -0.4 is 5.32 Å². The Morgan fingerprint density at radius 3 is 2.80 bits per heavy atom. The second-order valence-electron chi connectivity index (χ2n) is 5.36. The van der Waals surface area contributed by atoms with Crippen molar-refractivity contribution in [1.29, 1.82) is 0 Å². The molecule has 0 aliphatic carbocycles. The van der Waals surface area contributed by atoms with Crippen LogP contribution in [0.5, 0.6) is 0 Å². The van der Waals surface area contributed by atoms with Crippen LogP contribution >= 0.6 is 0 Å². The molecule has 3 aromatic rings. The topological polar surface area (TPSA) is 101 Å². The summed E-state index contributed by atoms with van der Waals surface area (Å²) in [6.07, 6.45) is 1.01. The molecular weight excluding hydrogens is 329 g/mol. The number of halogens is 1. The van der Waals surface area contributed by atoms with Gasteiger partial charge in [0.2, 0.25) is 17.6 Å². The predicted molar refractivity (Wildman–Crippen MR) is 84.7 cm³/mol. The number of nitrogens with one attached hydrogen (secondary N) is 1. The second-order valence-corrected chi connectivity index (χ2v) is 5.36. The fraction of sp³-hybridized carbons (Fsp3) is 0.235. The van der Waals surface area contributed by atoms with Crippen LogP contribution in [-0.4, -0.2) is 27.7 Å². The first-order chi connectivity index (χ1) is 12.1. The van der Waals surface area contributed by atoms with Crippen molar-refractivity contribution in [2.24, 2.45) is 0 Å². The molecule has 0 aliphatic rings. The fourth-order valence-corrected chi connectivity index (χ4v) is 2.18. The third kappa shape index (κ3) is 4.51. The van der Waals surface area contributed by atoms with Gasteiger partial charge in [-0.3, -0.25) is 4.79 Å². The third-order valence-electron chi connectivity index (χ3n) is 3.52. The van der Waals surface area contributed by atoms with Gasteiger partial charge in [-0.15, -0.1) is 0 Å². The number of benzene rings is 1. The minimum absolute atomic E-state index is 0.0337. The number of aryl methyl sites for hydroxylation is 1. The number of rotatable bonds is 7. The highest BCUT2D eigenvalue weighted by atomic mass is 19.1. The minimum atomic E-state index is -0.904. The molecule has 2 aromatic heterocycles. The van der Waals surface area contributed by atoms with Gasteiger partial charge in [0.05, 0.1) is 12.4 Å². The van der Waals surface area contributed by atoms with Gasteiger partial charge in [-0.25, -0.2) is 4.39 Å². The molecule has 1 unspecified atom stereocenters. The van der Waals surface area contributed by atoms with E-state index < -0.39 is 6.10 Å². The Balaban J connectivity index is 1.44. The smallest absolute Gasteiger partial charge is 0.238 e. The van der Waals surface area contributed by atoms with Crippen LogP contribution in [0.1, 0.15) is 24.0 Å². The zero-order chi connectivity index (χ0) is 17.6. The normalized spacial score (nSPS) is 12.1. The van der Waals surface area contributed by atoms with Gasteiger partial charge in [0, 0.05) is 19.4 Å². The van der Waals surface area contributed by atoms with E-state index in [-0.39, 0.29) is 31.1 Å². The monoisotopic (exact) mass is 345 g/mol. The summed E-state index contributed by atoms with van der Waals surface area (Å²) in [5.74, 6) is 0.488. The number of aromatic nitrogens is 2. The van der Waals surface area contributed by atoms with E-state index in [4.69, 9.17) is 8.94 Å². The average molecular weight is 345 g/mol. The molecule has 0 fully saturated rings. The zero-order valence-corrected chi connectivity index (χ0v) is 13.2. The van der Waals surface area contributed by atoms with Gasteiger partial charge in [0.15, 0.2) is 5.76 Å². The van der Waals surface area contributed by atoms with Gasteiger partial charge in [0.1, 0.15) is 5.82 Å². The number of hydrogen-bond acceptors (Lipinski definition) is 6. The largest absolute Gasteiger partial charge is 0.461 e. The number of aliphatic hydroxyl groups excluding tert-OH is 1. The maximum absolute atomic E-state index is 12.8. The molecule has 1 aromatic carbocycles. The van der Waals surface area contributed by atoms with Gasteiger partial charge >= 0.3 is 0 Å².